The van der Waals surface area contributed by atoms with E-state index in [2.05, 4.69) is 15.3 Å². The van der Waals surface area contributed by atoms with E-state index in [1.165, 1.54) is 23.6 Å². The zero-order valence-electron chi connectivity index (χ0n) is 14.3. The van der Waals surface area contributed by atoms with Crippen molar-refractivity contribution in [2.24, 2.45) is 5.92 Å². The van der Waals surface area contributed by atoms with Gasteiger partial charge in [-0.1, -0.05) is 0 Å². The highest BCUT2D eigenvalue weighted by atomic mass is 32.1. The van der Waals surface area contributed by atoms with Crippen LogP contribution in [-0.2, 0) is 13.1 Å². The summed E-state index contributed by atoms with van der Waals surface area (Å²) in [5.74, 6) is 0.140. The molecule has 4 rings (SSSR count). The molecule has 0 aliphatic heterocycles. The molecule has 0 aromatic carbocycles. The average Bonchev–Trinajstić information content (AvgIpc) is 3.31. The second-order valence-electron chi connectivity index (χ2n) is 6.60. The van der Waals surface area contributed by atoms with Crippen LogP contribution in [0.2, 0.25) is 0 Å². The van der Waals surface area contributed by atoms with Gasteiger partial charge in [0.15, 0.2) is 4.96 Å². The van der Waals surface area contributed by atoms with Crippen molar-refractivity contribution in [3.63, 3.8) is 0 Å². The van der Waals surface area contributed by atoms with Crippen LogP contribution in [-0.4, -0.2) is 26.1 Å². The van der Waals surface area contributed by atoms with Crippen LogP contribution < -0.4 is 10.9 Å². The van der Waals surface area contributed by atoms with Gasteiger partial charge in [0.25, 0.3) is 5.56 Å². The number of aryl methyl sites for hydroxylation is 1. The molecule has 0 radical (unpaired) electrons. The van der Waals surface area contributed by atoms with E-state index in [0.717, 1.165) is 22.7 Å². The summed E-state index contributed by atoms with van der Waals surface area (Å²) in [6, 6.07) is 4.54. The van der Waals surface area contributed by atoms with Crippen LogP contribution in [0.3, 0.4) is 0 Å². The number of nitrogens with one attached hydrogen (secondary N) is 1. The van der Waals surface area contributed by atoms with Gasteiger partial charge in [0.1, 0.15) is 5.82 Å². The van der Waals surface area contributed by atoms with Gasteiger partial charge >= 0.3 is 0 Å². The lowest BCUT2D eigenvalue weighted by Crippen LogP contribution is -2.20. The molecule has 0 saturated heterocycles. The Labute approximate surface area is 153 Å². The van der Waals surface area contributed by atoms with Gasteiger partial charge in [-0.25, -0.2) is 9.37 Å². The fourth-order valence-electron chi connectivity index (χ4n) is 3.27. The Bertz CT molecular complexity index is 999. The molecular formula is C18H19FN4O2S. The van der Waals surface area contributed by atoms with Crippen molar-refractivity contribution in [1.82, 2.24) is 19.7 Å². The molecule has 0 bridgehead atoms. The van der Waals surface area contributed by atoms with Gasteiger partial charge in [0.2, 0.25) is 0 Å². The minimum atomic E-state index is -0.364. The number of aromatic nitrogens is 3. The third-order valence-electron chi connectivity index (χ3n) is 4.70. The highest BCUT2D eigenvalue weighted by Gasteiger charge is 2.41. The summed E-state index contributed by atoms with van der Waals surface area (Å²) in [5, 5.41) is 12.5. The molecule has 2 atom stereocenters. The fraction of sp³-hybridized carbons (Fsp3) is 0.389. The molecule has 3 aromatic rings. The van der Waals surface area contributed by atoms with Crippen LogP contribution in [0.1, 0.15) is 34.3 Å². The summed E-state index contributed by atoms with van der Waals surface area (Å²) in [6.07, 6.45) is 2.10. The SMILES string of the molecule is Cc1sc2nc(CNCc3ccc(F)cn3)cc(=O)n2c1C1CC1CO. The van der Waals surface area contributed by atoms with Crippen molar-refractivity contribution in [2.45, 2.75) is 32.4 Å². The number of aliphatic hydroxyl groups excluding tert-OH is 1. The Morgan fingerprint density at radius 2 is 2.19 bits per heavy atom. The number of pyridine rings is 1. The second-order valence-corrected chi connectivity index (χ2v) is 7.78. The van der Waals surface area contributed by atoms with Crippen LogP contribution >= 0.6 is 11.3 Å². The molecule has 0 amide bonds. The zero-order chi connectivity index (χ0) is 18.3. The lowest BCUT2D eigenvalue weighted by atomic mass is 10.2. The predicted octanol–water partition coefficient (Wildman–Crippen LogP) is 1.98. The van der Waals surface area contributed by atoms with E-state index in [-0.39, 0.29) is 29.8 Å². The summed E-state index contributed by atoms with van der Waals surface area (Å²) in [4.78, 5) is 23.0. The number of fused-ring (bicyclic) bond motifs is 1. The molecule has 2 unspecified atom stereocenters. The highest BCUT2D eigenvalue weighted by molar-refractivity contribution is 7.17. The lowest BCUT2D eigenvalue weighted by molar-refractivity contribution is 0.273. The third-order valence-corrected chi connectivity index (χ3v) is 5.67. The fourth-order valence-corrected chi connectivity index (χ4v) is 4.34. The lowest BCUT2D eigenvalue weighted by Gasteiger charge is -2.05. The average molecular weight is 374 g/mol. The number of halogens is 1. The van der Waals surface area contributed by atoms with Crippen LogP contribution in [0.15, 0.2) is 29.2 Å². The van der Waals surface area contributed by atoms with Crippen molar-refractivity contribution in [3.05, 3.63) is 62.5 Å². The molecule has 136 valence electrons. The Kier molecular flexibility index (Phi) is 4.56. The smallest absolute Gasteiger partial charge is 0.259 e. The Morgan fingerprint density at radius 3 is 2.88 bits per heavy atom. The predicted molar refractivity (Wildman–Crippen MR) is 96.7 cm³/mol. The minimum absolute atomic E-state index is 0.0883. The number of hydrogen-bond donors (Lipinski definition) is 2. The molecule has 1 fully saturated rings. The largest absolute Gasteiger partial charge is 0.396 e. The normalized spacial score (nSPS) is 19.2. The Balaban J connectivity index is 1.52. The molecule has 2 N–H and O–H groups in total. The zero-order valence-corrected chi connectivity index (χ0v) is 15.1. The quantitative estimate of drug-likeness (QED) is 0.690. The number of nitrogens with zero attached hydrogens (tertiary/aromatic N) is 3. The Hall–Kier alpha value is -2.16. The molecule has 1 aliphatic rings. The second kappa shape index (κ2) is 6.86. The maximum atomic E-state index is 12.9. The summed E-state index contributed by atoms with van der Waals surface area (Å²) < 4.78 is 14.6. The van der Waals surface area contributed by atoms with Crippen LogP contribution in [0.25, 0.3) is 4.96 Å². The van der Waals surface area contributed by atoms with E-state index < -0.39 is 0 Å². The van der Waals surface area contributed by atoms with Gasteiger partial charge < -0.3 is 10.4 Å². The van der Waals surface area contributed by atoms with E-state index in [1.807, 2.05) is 6.92 Å². The number of thiazole rings is 1. The number of rotatable bonds is 6. The summed E-state index contributed by atoms with van der Waals surface area (Å²) in [7, 11) is 0. The van der Waals surface area contributed by atoms with E-state index in [0.29, 0.717) is 23.7 Å². The van der Waals surface area contributed by atoms with E-state index >= 15 is 0 Å². The van der Waals surface area contributed by atoms with Crippen molar-refractivity contribution in [2.75, 3.05) is 6.61 Å². The number of hydrogen-bond acceptors (Lipinski definition) is 6. The van der Waals surface area contributed by atoms with Gasteiger partial charge in [-0.3, -0.25) is 14.2 Å². The van der Waals surface area contributed by atoms with E-state index in [4.69, 9.17) is 0 Å². The summed E-state index contributed by atoms with van der Waals surface area (Å²) in [5.41, 5.74) is 2.30. The monoisotopic (exact) mass is 374 g/mol. The van der Waals surface area contributed by atoms with E-state index in [1.54, 1.807) is 16.5 Å². The maximum absolute atomic E-state index is 12.9. The standard InChI is InChI=1S/C18H19FN4O2S/c1-10-17(15-4-11(15)9-24)23-16(25)5-14(22-18(23)26-10)8-20-7-13-3-2-12(19)6-21-13/h2-3,5-6,11,15,20,24H,4,7-9H2,1H3. The van der Waals surface area contributed by atoms with Gasteiger partial charge in [-0.2, -0.15) is 0 Å². The summed E-state index contributed by atoms with van der Waals surface area (Å²) >= 11 is 1.51. The van der Waals surface area contributed by atoms with Crippen LogP contribution in [0.4, 0.5) is 4.39 Å². The molecule has 3 aromatic heterocycles. The maximum Gasteiger partial charge on any atom is 0.259 e. The third kappa shape index (κ3) is 3.27. The van der Waals surface area contributed by atoms with Gasteiger partial charge in [0, 0.05) is 42.3 Å². The first kappa shape index (κ1) is 17.3. The summed E-state index contributed by atoms with van der Waals surface area (Å²) in [6.45, 7) is 3.05. The van der Waals surface area contributed by atoms with E-state index in [9.17, 15) is 14.3 Å². The Morgan fingerprint density at radius 1 is 1.38 bits per heavy atom. The molecule has 1 aliphatic carbocycles. The van der Waals surface area contributed by atoms with Crippen molar-refractivity contribution in [1.29, 1.82) is 0 Å². The highest BCUT2D eigenvalue weighted by Crippen LogP contribution is 2.49. The molecular weight excluding hydrogens is 355 g/mol. The van der Waals surface area contributed by atoms with Gasteiger partial charge in [-0.05, 0) is 31.4 Å². The molecule has 1 saturated carbocycles. The topological polar surface area (TPSA) is 79.5 Å². The van der Waals surface area contributed by atoms with Crippen molar-refractivity contribution in [3.8, 4) is 0 Å². The van der Waals surface area contributed by atoms with Crippen LogP contribution in [0, 0.1) is 18.7 Å². The van der Waals surface area contributed by atoms with Crippen molar-refractivity contribution >= 4 is 16.3 Å². The molecule has 6 nitrogen and oxygen atoms in total. The first-order chi connectivity index (χ1) is 12.6. The minimum Gasteiger partial charge on any atom is -0.396 e. The van der Waals surface area contributed by atoms with Gasteiger partial charge in [0.05, 0.1) is 17.6 Å². The first-order valence-electron chi connectivity index (χ1n) is 8.51. The molecule has 26 heavy (non-hydrogen) atoms. The molecule has 3 heterocycles. The molecule has 0 spiro atoms. The van der Waals surface area contributed by atoms with Crippen LogP contribution in [0.5, 0.6) is 0 Å². The van der Waals surface area contributed by atoms with Crippen molar-refractivity contribution < 1.29 is 9.50 Å². The first-order valence-corrected chi connectivity index (χ1v) is 9.32. The number of aliphatic hydroxyl groups is 1. The van der Waals surface area contributed by atoms with Gasteiger partial charge in [-0.15, -0.1) is 11.3 Å². The molecule has 8 heteroatoms.